The molecule has 1 aromatic carbocycles. The standard InChI is InChI=1S/C15H24N2O3S/c1-12-6-2-4-8-14(12)17-21(18,19)11-10-20-15-9-5-3-7-13(15)16/h3,5,7,9,12,14,17H,2,4,6,8,10-11,16H2,1H3. The zero-order valence-electron chi connectivity index (χ0n) is 12.4. The van der Waals surface area contributed by atoms with Crippen LogP contribution in [-0.4, -0.2) is 26.8 Å². The molecule has 0 heterocycles. The summed E-state index contributed by atoms with van der Waals surface area (Å²) in [6, 6.07) is 7.14. The van der Waals surface area contributed by atoms with Crippen molar-refractivity contribution in [2.45, 2.75) is 38.6 Å². The highest BCUT2D eigenvalue weighted by Crippen LogP contribution is 2.24. The van der Waals surface area contributed by atoms with Crippen LogP contribution in [0.4, 0.5) is 5.69 Å². The van der Waals surface area contributed by atoms with Gasteiger partial charge in [0, 0.05) is 6.04 Å². The van der Waals surface area contributed by atoms with Gasteiger partial charge in [-0.1, -0.05) is 31.9 Å². The Morgan fingerprint density at radius 3 is 2.71 bits per heavy atom. The fourth-order valence-corrected chi connectivity index (χ4v) is 3.89. The van der Waals surface area contributed by atoms with Crippen molar-refractivity contribution in [1.82, 2.24) is 4.72 Å². The zero-order valence-corrected chi connectivity index (χ0v) is 13.2. The highest BCUT2D eigenvalue weighted by molar-refractivity contribution is 7.89. The highest BCUT2D eigenvalue weighted by Gasteiger charge is 2.25. The molecular formula is C15H24N2O3S. The quantitative estimate of drug-likeness (QED) is 0.789. The van der Waals surface area contributed by atoms with Crippen LogP contribution < -0.4 is 15.2 Å². The maximum Gasteiger partial charge on any atom is 0.215 e. The molecule has 2 atom stereocenters. The topological polar surface area (TPSA) is 81.4 Å². The van der Waals surface area contributed by atoms with Crippen molar-refractivity contribution >= 4 is 15.7 Å². The number of nitrogen functional groups attached to an aromatic ring is 1. The molecule has 1 fully saturated rings. The Balaban J connectivity index is 1.82. The smallest absolute Gasteiger partial charge is 0.215 e. The minimum atomic E-state index is -3.31. The van der Waals surface area contributed by atoms with Crippen LogP contribution >= 0.6 is 0 Å². The minimum absolute atomic E-state index is 0.0510. The average Bonchev–Trinajstić information content (AvgIpc) is 2.43. The Morgan fingerprint density at radius 2 is 2.00 bits per heavy atom. The summed E-state index contributed by atoms with van der Waals surface area (Å²) in [5.41, 5.74) is 6.27. The third kappa shape index (κ3) is 4.89. The molecule has 0 amide bonds. The van der Waals surface area contributed by atoms with E-state index < -0.39 is 10.0 Å². The number of sulfonamides is 1. The van der Waals surface area contributed by atoms with E-state index in [1.54, 1.807) is 12.1 Å². The fraction of sp³-hybridized carbons (Fsp3) is 0.600. The third-order valence-corrected chi connectivity index (χ3v) is 5.34. The van der Waals surface area contributed by atoms with E-state index in [-0.39, 0.29) is 18.4 Å². The maximum atomic E-state index is 12.1. The van der Waals surface area contributed by atoms with Gasteiger partial charge in [0.1, 0.15) is 12.4 Å². The Morgan fingerprint density at radius 1 is 1.29 bits per heavy atom. The Hall–Kier alpha value is -1.27. The van der Waals surface area contributed by atoms with Gasteiger partial charge in [0.05, 0.1) is 11.4 Å². The number of nitrogens with two attached hydrogens (primary N) is 1. The van der Waals surface area contributed by atoms with E-state index in [9.17, 15) is 8.42 Å². The Labute approximate surface area is 126 Å². The molecule has 21 heavy (non-hydrogen) atoms. The summed E-state index contributed by atoms with van der Waals surface area (Å²) in [6.07, 6.45) is 4.29. The SMILES string of the molecule is CC1CCCCC1NS(=O)(=O)CCOc1ccccc1N. The predicted molar refractivity (Wildman–Crippen MR) is 84.7 cm³/mol. The first-order valence-electron chi connectivity index (χ1n) is 7.45. The number of rotatable bonds is 6. The van der Waals surface area contributed by atoms with E-state index in [1.807, 2.05) is 12.1 Å². The molecule has 1 aliphatic rings. The minimum Gasteiger partial charge on any atom is -0.490 e. The van der Waals surface area contributed by atoms with Crippen molar-refractivity contribution in [2.75, 3.05) is 18.1 Å². The van der Waals surface area contributed by atoms with Gasteiger partial charge in [-0.25, -0.2) is 13.1 Å². The summed E-state index contributed by atoms with van der Waals surface area (Å²) in [5.74, 6) is 0.878. The van der Waals surface area contributed by atoms with Crippen LogP contribution in [-0.2, 0) is 10.0 Å². The highest BCUT2D eigenvalue weighted by atomic mass is 32.2. The van der Waals surface area contributed by atoms with Crippen molar-refractivity contribution in [1.29, 1.82) is 0 Å². The van der Waals surface area contributed by atoms with Crippen molar-refractivity contribution < 1.29 is 13.2 Å². The molecule has 6 heteroatoms. The first-order chi connectivity index (χ1) is 9.98. The van der Waals surface area contributed by atoms with Gasteiger partial charge >= 0.3 is 0 Å². The van der Waals surface area contributed by atoms with Gasteiger partial charge in [0.15, 0.2) is 0 Å². The number of hydrogen-bond donors (Lipinski definition) is 2. The fourth-order valence-electron chi connectivity index (χ4n) is 2.65. The van der Waals surface area contributed by atoms with Gasteiger partial charge in [0.2, 0.25) is 10.0 Å². The van der Waals surface area contributed by atoms with E-state index >= 15 is 0 Å². The third-order valence-electron chi connectivity index (χ3n) is 3.97. The predicted octanol–water partition coefficient (Wildman–Crippen LogP) is 2.15. The van der Waals surface area contributed by atoms with Crippen molar-refractivity contribution in [2.24, 2.45) is 5.92 Å². The molecule has 0 aliphatic heterocycles. The first-order valence-corrected chi connectivity index (χ1v) is 9.10. The Kier molecular flexibility index (Phi) is 5.47. The number of anilines is 1. The number of benzene rings is 1. The normalized spacial score (nSPS) is 22.9. The summed E-state index contributed by atoms with van der Waals surface area (Å²) in [4.78, 5) is 0. The molecule has 0 bridgehead atoms. The number of nitrogens with one attached hydrogen (secondary N) is 1. The lowest BCUT2D eigenvalue weighted by atomic mass is 9.87. The molecule has 2 rings (SSSR count). The molecule has 0 saturated heterocycles. The van der Waals surface area contributed by atoms with Gasteiger partial charge in [-0.2, -0.15) is 0 Å². The largest absolute Gasteiger partial charge is 0.490 e. The monoisotopic (exact) mass is 312 g/mol. The molecule has 3 N–H and O–H groups in total. The van der Waals surface area contributed by atoms with E-state index in [0.717, 1.165) is 19.3 Å². The van der Waals surface area contributed by atoms with Crippen LogP contribution in [0.1, 0.15) is 32.6 Å². The second-order valence-corrected chi connectivity index (χ2v) is 7.56. The lowest BCUT2D eigenvalue weighted by Gasteiger charge is -2.29. The number of ether oxygens (including phenoxy) is 1. The lowest BCUT2D eigenvalue weighted by molar-refractivity contribution is 0.307. The molecule has 0 aromatic heterocycles. The molecule has 1 aliphatic carbocycles. The molecule has 1 aromatic rings. The second kappa shape index (κ2) is 7.13. The van der Waals surface area contributed by atoms with Gasteiger partial charge in [-0.05, 0) is 30.9 Å². The van der Waals surface area contributed by atoms with Gasteiger partial charge in [0.25, 0.3) is 0 Å². The van der Waals surface area contributed by atoms with E-state index in [0.29, 0.717) is 17.4 Å². The molecular weight excluding hydrogens is 288 g/mol. The molecule has 118 valence electrons. The molecule has 2 unspecified atom stereocenters. The molecule has 0 radical (unpaired) electrons. The van der Waals surface area contributed by atoms with E-state index in [1.165, 1.54) is 6.42 Å². The van der Waals surface area contributed by atoms with Gasteiger partial charge in [-0.3, -0.25) is 0 Å². The van der Waals surface area contributed by atoms with E-state index in [2.05, 4.69) is 11.6 Å². The average molecular weight is 312 g/mol. The van der Waals surface area contributed by atoms with Crippen LogP contribution in [0.15, 0.2) is 24.3 Å². The van der Waals surface area contributed by atoms with Crippen LogP contribution in [0.3, 0.4) is 0 Å². The summed E-state index contributed by atoms with van der Waals surface area (Å²) in [6.45, 7) is 2.21. The summed E-state index contributed by atoms with van der Waals surface area (Å²) >= 11 is 0. The summed E-state index contributed by atoms with van der Waals surface area (Å²) in [5, 5.41) is 0. The molecule has 0 spiro atoms. The molecule has 5 nitrogen and oxygen atoms in total. The van der Waals surface area contributed by atoms with Crippen LogP contribution in [0.5, 0.6) is 5.75 Å². The summed E-state index contributed by atoms with van der Waals surface area (Å²) < 4.78 is 32.4. The van der Waals surface area contributed by atoms with Crippen molar-refractivity contribution in [3.8, 4) is 5.75 Å². The first kappa shape index (κ1) is 16.1. The van der Waals surface area contributed by atoms with Crippen LogP contribution in [0.25, 0.3) is 0 Å². The second-order valence-electron chi connectivity index (χ2n) is 5.69. The van der Waals surface area contributed by atoms with E-state index in [4.69, 9.17) is 10.5 Å². The van der Waals surface area contributed by atoms with Crippen LogP contribution in [0, 0.1) is 5.92 Å². The van der Waals surface area contributed by atoms with Crippen molar-refractivity contribution in [3.05, 3.63) is 24.3 Å². The maximum absolute atomic E-state index is 12.1. The summed E-state index contributed by atoms with van der Waals surface area (Å²) in [7, 11) is -3.31. The van der Waals surface area contributed by atoms with Crippen molar-refractivity contribution in [3.63, 3.8) is 0 Å². The van der Waals surface area contributed by atoms with Crippen LogP contribution in [0.2, 0.25) is 0 Å². The number of hydrogen-bond acceptors (Lipinski definition) is 4. The number of para-hydroxylation sites is 2. The zero-order chi connectivity index (χ0) is 15.3. The lowest BCUT2D eigenvalue weighted by Crippen LogP contribution is -2.42. The van der Waals surface area contributed by atoms with Gasteiger partial charge < -0.3 is 10.5 Å². The van der Waals surface area contributed by atoms with Gasteiger partial charge in [-0.15, -0.1) is 0 Å². The molecule has 1 saturated carbocycles. The Bertz CT molecular complexity index is 560.